The maximum absolute atomic E-state index is 6.19. The molecule has 1 aliphatic carbocycles. The van der Waals surface area contributed by atoms with Crippen LogP contribution in [0.3, 0.4) is 0 Å². The summed E-state index contributed by atoms with van der Waals surface area (Å²) in [6.45, 7) is 4.94. The Morgan fingerprint density at radius 2 is 2.18 bits per heavy atom. The molecule has 0 bridgehead atoms. The van der Waals surface area contributed by atoms with Gasteiger partial charge in [0.15, 0.2) is 0 Å². The minimum atomic E-state index is 0.241. The van der Waals surface area contributed by atoms with Gasteiger partial charge in [0.2, 0.25) is 0 Å². The van der Waals surface area contributed by atoms with Gasteiger partial charge in [-0.1, -0.05) is 26.2 Å². The predicted octanol–water partition coefficient (Wildman–Crippen LogP) is 2.00. The van der Waals surface area contributed by atoms with E-state index < -0.39 is 0 Å². The van der Waals surface area contributed by atoms with Crippen molar-refractivity contribution in [3.63, 3.8) is 0 Å². The van der Waals surface area contributed by atoms with Crippen LogP contribution in [-0.4, -0.2) is 43.3 Å². The van der Waals surface area contributed by atoms with Gasteiger partial charge in [-0.25, -0.2) is 0 Å². The quantitative estimate of drug-likeness (QED) is 0.817. The molecule has 2 fully saturated rings. The highest BCUT2D eigenvalue weighted by molar-refractivity contribution is 5.00. The van der Waals surface area contributed by atoms with Crippen molar-refractivity contribution in [1.82, 2.24) is 4.90 Å². The van der Waals surface area contributed by atoms with Crippen molar-refractivity contribution in [2.24, 2.45) is 11.7 Å². The fraction of sp³-hybridized carbons (Fsp3) is 1.00. The van der Waals surface area contributed by atoms with Gasteiger partial charge in [0.1, 0.15) is 0 Å². The molecular weight excluding hydrogens is 212 g/mol. The SMILES string of the molecule is CCC1CCCCC1(CN)N(C)C1CCOC1. The zero-order valence-electron chi connectivity index (χ0n) is 11.5. The highest BCUT2D eigenvalue weighted by atomic mass is 16.5. The molecule has 3 atom stereocenters. The highest BCUT2D eigenvalue weighted by Crippen LogP contribution is 2.40. The molecule has 0 spiro atoms. The van der Waals surface area contributed by atoms with Crippen molar-refractivity contribution in [3.8, 4) is 0 Å². The molecule has 0 amide bonds. The van der Waals surface area contributed by atoms with Gasteiger partial charge in [-0.05, 0) is 32.2 Å². The van der Waals surface area contributed by atoms with Gasteiger partial charge < -0.3 is 10.5 Å². The molecule has 0 aromatic rings. The summed E-state index contributed by atoms with van der Waals surface area (Å²) in [6, 6.07) is 0.589. The molecule has 2 rings (SSSR count). The van der Waals surface area contributed by atoms with E-state index in [1.54, 1.807) is 0 Å². The van der Waals surface area contributed by atoms with Gasteiger partial charge >= 0.3 is 0 Å². The lowest BCUT2D eigenvalue weighted by atomic mass is 9.70. The summed E-state index contributed by atoms with van der Waals surface area (Å²) in [5, 5.41) is 0. The third kappa shape index (κ3) is 2.38. The molecule has 0 aromatic carbocycles. The first-order valence-electron chi connectivity index (χ1n) is 7.25. The molecule has 2 aliphatic rings. The van der Waals surface area contributed by atoms with Crippen molar-refractivity contribution in [2.75, 3.05) is 26.8 Å². The highest BCUT2D eigenvalue weighted by Gasteiger charge is 2.44. The van der Waals surface area contributed by atoms with Gasteiger partial charge in [-0.15, -0.1) is 0 Å². The predicted molar refractivity (Wildman–Crippen MR) is 71.0 cm³/mol. The second-order valence-corrected chi connectivity index (χ2v) is 5.79. The Kier molecular flexibility index (Phi) is 4.45. The van der Waals surface area contributed by atoms with Crippen LogP contribution in [0.15, 0.2) is 0 Å². The normalized spacial score (nSPS) is 38.8. The van der Waals surface area contributed by atoms with Crippen molar-refractivity contribution < 1.29 is 4.74 Å². The van der Waals surface area contributed by atoms with Crippen LogP contribution in [0.5, 0.6) is 0 Å². The van der Waals surface area contributed by atoms with Gasteiger partial charge in [0, 0.05) is 24.7 Å². The molecule has 17 heavy (non-hydrogen) atoms. The molecule has 0 aromatic heterocycles. The van der Waals surface area contributed by atoms with Crippen LogP contribution in [0, 0.1) is 5.92 Å². The van der Waals surface area contributed by atoms with Crippen LogP contribution >= 0.6 is 0 Å². The van der Waals surface area contributed by atoms with E-state index in [4.69, 9.17) is 10.5 Å². The molecule has 1 saturated carbocycles. The van der Waals surface area contributed by atoms with E-state index in [1.165, 1.54) is 38.5 Å². The maximum Gasteiger partial charge on any atom is 0.0622 e. The number of likely N-dealkylation sites (N-methyl/N-ethyl adjacent to an activating group) is 1. The topological polar surface area (TPSA) is 38.5 Å². The zero-order chi connectivity index (χ0) is 12.3. The smallest absolute Gasteiger partial charge is 0.0622 e. The molecular formula is C14H28N2O. The van der Waals surface area contributed by atoms with E-state index in [0.717, 1.165) is 25.7 Å². The molecule has 0 radical (unpaired) electrons. The van der Waals surface area contributed by atoms with E-state index in [2.05, 4.69) is 18.9 Å². The Hall–Kier alpha value is -0.120. The van der Waals surface area contributed by atoms with Crippen LogP contribution in [0.1, 0.15) is 45.4 Å². The summed E-state index contributed by atoms with van der Waals surface area (Å²) in [5.41, 5.74) is 6.43. The third-order valence-corrected chi connectivity index (χ3v) is 5.17. The lowest BCUT2D eigenvalue weighted by Gasteiger charge is -2.51. The largest absolute Gasteiger partial charge is 0.380 e. The molecule has 1 saturated heterocycles. The Balaban J connectivity index is 2.14. The second kappa shape index (κ2) is 5.68. The van der Waals surface area contributed by atoms with Gasteiger partial charge in [0.05, 0.1) is 6.61 Å². The van der Waals surface area contributed by atoms with Crippen molar-refractivity contribution >= 4 is 0 Å². The molecule has 1 heterocycles. The summed E-state index contributed by atoms with van der Waals surface area (Å²) in [4.78, 5) is 2.58. The summed E-state index contributed by atoms with van der Waals surface area (Å²) in [5.74, 6) is 0.770. The van der Waals surface area contributed by atoms with E-state index in [0.29, 0.717) is 6.04 Å². The molecule has 100 valence electrons. The summed E-state index contributed by atoms with van der Waals surface area (Å²) in [6.07, 6.45) is 7.78. The Morgan fingerprint density at radius 1 is 1.35 bits per heavy atom. The Morgan fingerprint density at radius 3 is 2.76 bits per heavy atom. The third-order valence-electron chi connectivity index (χ3n) is 5.17. The first kappa shape index (κ1) is 13.3. The Bertz CT molecular complexity index is 240. The molecule has 2 N–H and O–H groups in total. The molecule has 3 unspecified atom stereocenters. The fourth-order valence-corrected chi connectivity index (χ4v) is 3.95. The lowest BCUT2D eigenvalue weighted by Crippen LogP contribution is -2.61. The van der Waals surface area contributed by atoms with Crippen molar-refractivity contribution in [2.45, 2.75) is 57.0 Å². The van der Waals surface area contributed by atoms with Crippen LogP contribution in [-0.2, 0) is 4.74 Å². The monoisotopic (exact) mass is 240 g/mol. The maximum atomic E-state index is 6.19. The van der Waals surface area contributed by atoms with Crippen molar-refractivity contribution in [3.05, 3.63) is 0 Å². The van der Waals surface area contributed by atoms with Crippen LogP contribution in [0.4, 0.5) is 0 Å². The van der Waals surface area contributed by atoms with E-state index in [9.17, 15) is 0 Å². The first-order valence-corrected chi connectivity index (χ1v) is 7.25. The molecule has 1 aliphatic heterocycles. The van der Waals surface area contributed by atoms with E-state index in [-0.39, 0.29) is 5.54 Å². The van der Waals surface area contributed by atoms with E-state index >= 15 is 0 Å². The number of hydrogen-bond donors (Lipinski definition) is 1. The number of hydrogen-bond acceptors (Lipinski definition) is 3. The van der Waals surface area contributed by atoms with Gasteiger partial charge in [-0.2, -0.15) is 0 Å². The number of nitrogens with zero attached hydrogens (tertiary/aromatic N) is 1. The van der Waals surface area contributed by atoms with E-state index in [1.807, 2.05) is 0 Å². The standard InChI is InChI=1S/C14H28N2O/c1-3-12-6-4-5-8-14(12,11-15)16(2)13-7-9-17-10-13/h12-13H,3-11,15H2,1-2H3. The average molecular weight is 240 g/mol. The molecule has 3 nitrogen and oxygen atoms in total. The zero-order valence-corrected chi connectivity index (χ0v) is 11.5. The lowest BCUT2D eigenvalue weighted by molar-refractivity contribution is -0.00873. The second-order valence-electron chi connectivity index (χ2n) is 5.79. The summed E-state index contributed by atoms with van der Waals surface area (Å²) < 4.78 is 5.54. The summed E-state index contributed by atoms with van der Waals surface area (Å²) in [7, 11) is 2.28. The van der Waals surface area contributed by atoms with Gasteiger partial charge in [-0.3, -0.25) is 4.90 Å². The summed E-state index contributed by atoms with van der Waals surface area (Å²) >= 11 is 0. The minimum Gasteiger partial charge on any atom is -0.380 e. The van der Waals surface area contributed by atoms with Gasteiger partial charge in [0.25, 0.3) is 0 Å². The Labute approximate surface area is 106 Å². The fourth-order valence-electron chi connectivity index (χ4n) is 3.95. The van der Waals surface area contributed by atoms with Crippen LogP contribution < -0.4 is 5.73 Å². The van der Waals surface area contributed by atoms with Crippen LogP contribution in [0.2, 0.25) is 0 Å². The first-order chi connectivity index (χ1) is 8.24. The molecule has 3 heteroatoms. The number of nitrogens with two attached hydrogens (primary N) is 1. The minimum absolute atomic E-state index is 0.241. The number of rotatable bonds is 4. The number of ether oxygens (including phenoxy) is 1. The average Bonchev–Trinajstić information content (AvgIpc) is 2.91. The van der Waals surface area contributed by atoms with Crippen LogP contribution in [0.25, 0.3) is 0 Å². The van der Waals surface area contributed by atoms with Crippen molar-refractivity contribution in [1.29, 1.82) is 0 Å².